The van der Waals surface area contributed by atoms with Crippen LogP contribution in [0.5, 0.6) is 0 Å². The Labute approximate surface area is 95.2 Å². The van der Waals surface area contributed by atoms with E-state index in [9.17, 15) is 0 Å². The molecule has 1 saturated carbocycles. The summed E-state index contributed by atoms with van der Waals surface area (Å²) in [6.45, 7) is 1.90. The van der Waals surface area contributed by atoms with E-state index in [4.69, 9.17) is 10.5 Å². The van der Waals surface area contributed by atoms with Crippen LogP contribution in [0.1, 0.15) is 36.7 Å². The van der Waals surface area contributed by atoms with Gasteiger partial charge in [-0.1, -0.05) is 6.42 Å². The van der Waals surface area contributed by atoms with Crippen LogP contribution in [-0.4, -0.2) is 29.7 Å². The summed E-state index contributed by atoms with van der Waals surface area (Å²) in [5.41, 5.74) is 6.89. The lowest BCUT2D eigenvalue weighted by Gasteiger charge is -2.39. The molecular weight excluding hydrogens is 202 g/mol. The van der Waals surface area contributed by atoms with Crippen molar-refractivity contribution in [2.24, 2.45) is 5.73 Å². The van der Waals surface area contributed by atoms with Crippen LogP contribution in [0, 0.1) is 0 Å². The van der Waals surface area contributed by atoms with E-state index in [2.05, 4.69) is 9.97 Å². The number of hydrogen-bond donors (Lipinski definition) is 1. The number of aromatic nitrogens is 2. The molecule has 0 aromatic carbocycles. The van der Waals surface area contributed by atoms with Crippen LogP contribution in [0.15, 0.2) is 12.3 Å². The average Bonchev–Trinajstić information content (AvgIpc) is 2.15. The Morgan fingerprint density at radius 1 is 1.44 bits per heavy atom. The molecule has 1 aromatic rings. The van der Waals surface area contributed by atoms with Crippen molar-refractivity contribution in [2.45, 2.75) is 30.6 Å². The van der Waals surface area contributed by atoms with Gasteiger partial charge in [-0.2, -0.15) is 0 Å². The van der Waals surface area contributed by atoms with Gasteiger partial charge in [-0.15, -0.1) is 0 Å². The Balaban J connectivity index is 1.89. The monoisotopic (exact) mass is 219 g/mol. The molecule has 0 radical (unpaired) electrons. The molecule has 0 spiro atoms. The number of nitrogens with two attached hydrogens (primary N) is 1. The molecule has 2 heterocycles. The summed E-state index contributed by atoms with van der Waals surface area (Å²) in [6, 6.07) is 2.04. The van der Waals surface area contributed by atoms with Gasteiger partial charge >= 0.3 is 0 Å². The van der Waals surface area contributed by atoms with E-state index in [0.29, 0.717) is 25.7 Å². The highest BCUT2D eigenvalue weighted by Gasteiger charge is 2.42. The highest BCUT2D eigenvalue weighted by atomic mass is 16.5. The molecular formula is C12H17N3O. The van der Waals surface area contributed by atoms with E-state index in [1.54, 1.807) is 0 Å². The number of nitrogens with zero attached hydrogens (tertiary/aromatic N) is 2. The van der Waals surface area contributed by atoms with Crippen molar-refractivity contribution in [1.29, 1.82) is 0 Å². The first kappa shape index (κ1) is 10.2. The van der Waals surface area contributed by atoms with Gasteiger partial charge in [-0.3, -0.25) is 0 Å². The molecule has 1 saturated heterocycles. The summed E-state index contributed by atoms with van der Waals surface area (Å²) in [7, 11) is 0. The molecule has 1 aromatic heterocycles. The number of hydrogen-bond acceptors (Lipinski definition) is 4. The number of rotatable bonds is 3. The van der Waals surface area contributed by atoms with Gasteiger partial charge in [0, 0.05) is 24.4 Å². The third kappa shape index (κ3) is 1.44. The van der Waals surface area contributed by atoms with E-state index < -0.39 is 0 Å². The Hall–Kier alpha value is -1.00. The van der Waals surface area contributed by atoms with E-state index in [0.717, 1.165) is 5.82 Å². The summed E-state index contributed by atoms with van der Waals surface area (Å²) in [4.78, 5) is 9.06. The van der Waals surface area contributed by atoms with Crippen molar-refractivity contribution < 1.29 is 4.74 Å². The van der Waals surface area contributed by atoms with Gasteiger partial charge in [0.2, 0.25) is 0 Å². The lowest BCUT2D eigenvalue weighted by atomic mass is 9.81. The van der Waals surface area contributed by atoms with E-state index in [-0.39, 0.29) is 5.41 Å². The van der Waals surface area contributed by atoms with Gasteiger partial charge in [0.1, 0.15) is 5.82 Å². The first-order chi connectivity index (χ1) is 7.84. The SMILES string of the molecule is NCC1(c2nccc(C3CCC3)n2)COC1. The summed E-state index contributed by atoms with van der Waals surface area (Å²) in [6.07, 6.45) is 5.73. The molecule has 2 fully saturated rings. The van der Waals surface area contributed by atoms with Gasteiger partial charge in [-0.05, 0) is 18.9 Å². The molecule has 0 atom stereocenters. The fraction of sp³-hybridized carbons (Fsp3) is 0.667. The molecule has 1 aliphatic carbocycles. The number of ether oxygens (including phenoxy) is 1. The predicted octanol–water partition coefficient (Wildman–Crippen LogP) is 0.971. The van der Waals surface area contributed by atoms with Crippen molar-refractivity contribution in [3.8, 4) is 0 Å². The van der Waals surface area contributed by atoms with Gasteiger partial charge in [0.05, 0.1) is 18.6 Å². The summed E-state index contributed by atoms with van der Waals surface area (Å²) in [5.74, 6) is 1.53. The molecule has 3 rings (SSSR count). The van der Waals surface area contributed by atoms with E-state index in [1.165, 1.54) is 25.0 Å². The van der Waals surface area contributed by atoms with Crippen LogP contribution < -0.4 is 5.73 Å². The van der Waals surface area contributed by atoms with Crippen LogP contribution >= 0.6 is 0 Å². The molecule has 0 amide bonds. The van der Waals surface area contributed by atoms with Gasteiger partial charge in [-0.25, -0.2) is 9.97 Å². The third-order valence-electron chi connectivity index (χ3n) is 3.82. The zero-order valence-corrected chi connectivity index (χ0v) is 9.35. The van der Waals surface area contributed by atoms with Crippen LogP contribution in [0.3, 0.4) is 0 Å². The smallest absolute Gasteiger partial charge is 0.140 e. The van der Waals surface area contributed by atoms with Crippen LogP contribution in [0.4, 0.5) is 0 Å². The van der Waals surface area contributed by atoms with Gasteiger partial charge in [0.25, 0.3) is 0 Å². The lowest BCUT2D eigenvalue weighted by Crippen LogP contribution is -2.53. The summed E-state index contributed by atoms with van der Waals surface area (Å²) < 4.78 is 5.26. The molecule has 86 valence electrons. The standard InChI is InChI=1S/C12H17N3O/c13-6-12(7-16-8-12)11-14-5-4-10(15-11)9-2-1-3-9/h4-5,9H,1-3,6-8,13H2. The first-order valence-corrected chi connectivity index (χ1v) is 5.95. The van der Waals surface area contributed by atoms with Crippen molar-refractivity contribution in [2.75, 3.05) is 19.8 Å². The summed E-state index contributed by atoms with van der Waals surface area (Å²) >= 11 is 0. The first-order valence-electron chi connectivity index (χ1n) is 5.95. The zero-order valence-electron chi connectivity index (χ0n) is 9.35. The Morgan fingerprint density at radius 2 is 2.25 bits per heavy atom. The minimum absolute atomic E-state index is 0.111. The second kappa shape index (κ2) is 3.79. The van der Waals surface area contributed by atoms with E-state index >= 15 is 0 Å². The Morgan fingerprint density at radius 3 is 2.75 bits per heavy atom. The second-order valence-electron chi connectivity index (χ2n) is 4.91. The molecule has 4 heteroatoms. The molecule has 0 bridgehead atoms. The zero-order chi connectivity index (χ0) is 11.0. The van der Waals surface area contributed by atoms with Crippen LogP contribution in [-0.2, 0) is 10.2 Å². The molecule has 2 aliphatic rings. The molecule has 1 aliphatic heterocycles. The highest BCUT2D eigenvalue weighted by molar-refractivity contribution is 5.19. The van der Waals surface area contributed by atoms with Crippen LogP contribution in [0.25, 0.3) is 0 Å². The molecule has 2 N–H and O–H groups in total. The minimum Gasteiger partial charge on any atom is -0.379 e. The maximum Gasteiger partial charge on any atom is 0.140 e. The summed E-state index contributed by atoms with van der Waals surface area (Å²) in [5, 5.41) is 0. The predicted molar refractivity (Wildman–Crippen MR) is 60.2 cm³/mol. The van der Waals surface area contributed by atoms with Crippen molar-refractivity contribution in [3.63, 3.8) is 0 Å². The maximum atomic E-state index is 5.81. The largest absolute Gasteiger partial charge is 0.379 e. The fourth-order valence-corrected chi connectivity index (χ4v) is 2.25. The topological polar surface area (TPSA) is 61.0 Å². The van der Waals surface area contributed by atoms with Crippen molar-refractivity contribution in [1.82, 2.24) is 9.97 Å². The normalized spacial score (nSPS) is 23.6. The maximum absolute atomic E-state index is 5.81. The second-order valence-corrected chi connectivity index (χ2v) is 4.91. The van der Waals surface area contributed by atoms with Crippen LogP contribution in [0.2, 0.25) is 0 Å². The van der Waals surface area contributed by atoms with E-state index in [1.807, 2.05) is 12.3 Å². The van der Waals surface area contributed by atoms with Crippen molar-refractivity contribution in [3.05, 3.63) is 23.8 Å². The third-order valence-corrected chi connectivity index (χ3v) is 3.82. The van der Waals surface area contributed by atoms with Gasteiger partial charge in [0.15, 0.2) is 0 Å². The molecule has 0 unspecified atom stereocenters. The minimum atomic E-state index is -0.111. The Kier molecular flexibility index (Phi) is 2.41. The molecule has 4 nitrogen and oxygen atoms in total. The lowest BCUT2D eigenvalue weighted by molar-refractivity contribution is -0.0595. The quantitative estimate of drug-likeness (QED) is 0.823. The average molecular weight is 219 g/mol. The van der Waals surface area contributed by atoms with Crippen molar-refractivity contribution >= 4 is 0 Å². The fourth-order valence-electron chi connectivity index (χ4n) is 2.25. The Bertz CT molecular complexity index is 380. The highest BCUT2D eigenvalue weighted by Crippen LogP contribution is 2.36. The van der Waals surface area contributed by atoms with Gasteiger partial charge < -0.3 is 10.5 Å². The molecule has 16 heavy (non-hydrogen) atoms.